The molecule has 0 radical (unpaired) electrons. The zero-order chi connectivity index (χ0) is 9.68. The van der Waals surface area contributed by atoms with Gasteiger partial charge in [-0.15, -0.1) is 11.6 Å². The van der Waals surface area contributed by atoms with Gasteiger partial charge < -0.3 is 9.64 Å². The van der Waals surface area contributed by atoms with Crippen LogP contribution in [0.3, 0.4) is 0 Å². The second-order valence-electron chi connectivity index (χ2n) is 2.81. The summed E-state index contributed by atoms with van der Waals surface area (Å²) in [6.45, 7) is 0.842. The fraction of sp³-hybridized carbons (Fsp3) is 0.400. The van der Waals surface area contributed by atoms with Crippen molar-refractivity contribution in [3.05, 3.63) is 24.3 Å². The highest BCUT2D eigenvalue weighted by Gasteiger charge is 2.00. The minimum absolute atomic E-state index is 0.633. The van der Waals surface area contributed by atoms with Gasteiger partial charge in [0.15, 0.2) is 0 Å². The third-order valence-electron chi connectivity index (χ3n) is 1.91. The lowest BCUT2D eigenvalue weighted by molar-refractivity contribution is 0.415. The van der Waals surface area contributed by atoms with Gasteiger partial charge in [0.2, 0.25) is 0 Å². The first-order valence-electron chi connectivity index (χ1n) is 4.19. The Labute approximate surface area is 84.1 Å². The van der Waals surface area contributed by atoms with Crippen LogP contribution < -0.4 is 9.64 Å². The molecule has 13 heavy (non-hydrogen) atoms. The van der Waals surface area contributed by atoms with Gasteiger partial charge in [-0.3, -0.25) is 0 Å². The average Bonchev–Trinajstić information content (AvgIpc) is 2.18. The van der Waals surface area contributed by atoms with Crippen molar-refractivity contribution >= 4 is 17.3 Å². The monoisotopic (exact) mass is 199 g/mol. The number of benzene rings is 1. The zero-order valence-corrected chi connectivity index (χ0v) is 8.71. The fourth-order valence-corrected chi connectivity index (χ4v) is 1.36. The summed E-state index contributed by atoms with van der Waals surface area (Å²) in [5.74, 6) is 1.51. The van der Waals surface area contributed by atoms with Crippen LogP contribution in [0.2, 0.25) is 0 Å². The third-order valence-corrected chi connectivity index (χ3v) is 2.08. The first kappa shape index (κ1) is 10.2. The summed E-state index contributed by atoms with van der Waals surface area (Å²) in [7, 11) is 3.68. The minimum atomic E-state index is 0.633. The van der Waals surface area contributed by atoms with Gasteiger partial charge in [0.1, 0.15) is 5.75 Å². The topological polar surface area (TPSA) is 12.5 Å². The number of hydrogen-bond donors (Lipinski definition) is 0. The lowest BCUT2D eigenvalue weighted by Gasteiger charge is -2.18. The van der Waals surface area contributed by atoms with Gasteiger partial charge in [0, 0.05) is 31.2 Å². The largest absolute Gasteiger partial charge is 0.497 e. The van der Waals surface area contributed by atoms with Crippen molar-refractivity contribution in [1.29, 1.82) is 0 Å². The van der Waals surface area contributed by atoms with Crippen molar-refractivity contribution < 1.29 is 4.74 Å². The molecule has 0 aliphatic rings. The molecule has 0 aliphatic heterocycles. The number of halogens is 1. The Morgan fingerprint density at radius 1 is 1.46 bits per heavy atom. The molecule has 0 saturated heterocycles. The summed E-state index contributed by atoms with van der Waals surface area (Å²) in [4.78, 5) is 2.09. The molecule has 1 aromatic carbocycles. The average molecular weight is 200 g/mol. The maximum Gasteiger partial charge on any atom is 0.120 e. The summed E-state index contributed by atoms with van der Waals surface area (Å²) in [5.41, 5.74) is 1.13. The van der Waals surface area contributed by atoms with Crippen molar-refractivity contribution in [2.24, 2.45) is 0 Å². The maximum atomic E-state index is 5.65. The Morgan fingerprint density at radius 2 is 2.23 bits per heavy atom. The summed E-state index contributed by atoms with van der Waals surface area (Å²) in [5, 5.41) is 0. The molecule has 0 aliphatic carbocycles. The molecule has 1 rings (SSSR count). The second kappa shape index (κ2) is 4.97. The molecular formula is C10H14ClNO. The van der Waals surface area contributed by atoms with Gasteiger partial charge in [-0.25, -0.2) is 0 Å². The van der Waals surface area contributed by atoms with Crippen molar-refractivity contribution in [3.63, 3.8) is 0 Å². The predicted molar refractivity (Wildman–Crippen MR) is 57.0 cm³/mol. The second-order valence-corrected chi connectivity index (χ2v) is 3.19. The fourth-order valence-electron chi connectivity index (χ4n) is 1.10. The summed E-state index contributed by atoms with van der Waals surface area (Å²) < 4.78 is 5.12. The van der Waals surface area contributed by atoms with E-state index in [-0.39, 0.29) is 0 Å². The highest BCUT2D eigenvalue weighted by molar-refractivity contribution is 6.18. The molecule has 1 aromatic rings. The first-order valence-corrected chi connectivity index (χ1v) is 4.72. The number of methoxy groups -OCH3 is 1. The van der Waals surface area contributed by atoms with E-state index in [1.165, 1.54) is 0 Å². The van der Waals surface area contributed by atoms with Crippen molar-refractivity contribution in [2.45, 2.75) is 0 Å². The Balaban J connectivity index is 2.75. The molecule has 0 heterocycles. The van der Waals surface area contributed by atoms with Crippen LogP contribution >= 0.6 is 11.6 Å². The van der Waals surface area contributed by atoms with E-state index in [1.54, 1.807) is 7.11 Å². The van der Waals surface area contributed by atoms with Crippen LogP contribution in [0.1, 0.15) is 0 Å². The maximum absolute atomic E-state index is 5.65. The Hall–Kier alpha value is -0.890. The molecule has 72 valence electrons. The summed E-state index contributed by atoms with van der Waals surface area (Å²) in [6, 6.07) is 7.93. The Kier molecular flexibility index (Phi) is 3.90. The molecule has 0 N–H and O–H groups in total. The van der Waals surface area contributed by atoms with E-state index in [0.29, 0.717) is 5.88 Å². The lowest BCUT2D eigenvalue weighted by atomic mass is 10.3. The molecule has 0 aromatic heterocycles. The van der Waals surface area contributed by atoms with Crippen LogP contribution in [0, 0.1) is 0 Å². The van der Waals surface area contributed by atoms with E-state index in [1.807, 2.05) is 31.3 Å². The van der Waals surface area contributed by atoms with E-state index in [9.17, 15) is 0 Å². The van der Waals surface area contributed by atoms with E-state index in [4.69, 9.17) is 16.3 Å². The molecule has 0 fully saturated rings. The normalized spacial score (nSPS) is 9.77. The van der Waals surface area contributed by atoms with Gasteiger partial charge in [-0.05, 0) is 12.1 Å². The third kappa shape index (κ3) is 2.81. The molecule has 0 spiro atoms. The van der Waals surface area contributed by atoms with Gasteiger partial charge in [0.05, 0.1) is 7.11 Å². The van der Waals surface area contributed by atoms with E-state index >= 15 is 0 Å². The van der Waals surface area contributed by atoms with Gasteiger partial charge in [-0.2, -0.15) is 0 Å². The van der Waals surface area contributed by atoms with Crippen LogP contribution in [0.5, 0.6) is 5.75 Å². The quantitative estimate of drug-likeness (QED) is 0.691. The molecule has 2 nitrogen and oxygen atoms in total. The molecule has 0 bridgehead atoms. The van der Waals surface area contributed by atoms with Gasteiger partial charge >= 0.3 is 0 Å². The molecule has 0 unspecified atom stereocenters. The summed E-state index contributed by atoms with van der Waals surface area (Å²) >= 11 is 5.65. The van der Waals surface area contributed by atoms with E-state index < -0.39 is 0 Å². The van der Waals surface area contributed by atoms with Crippen molar-refractivity contribution in [3.8, 4) is 5.75 Å². The van der Waals surface area contributed by atoms with Crippen molar-refractivity contribution in [2.75, 3.05) is 31.5 Å². The molecule has 0 saturated carbocycles. The number of ether oxygens (including phenoxy) is 1. The van der Waals surface area contributed by atoms with Gasteiger partial charge in [0.25, 0.3) is 0 Å². The predicted octanol–water partition coefficient (Wildman–Crippen LogP) is 2.37. The van der Waals surface area contributed by atoms with Crippen LogP contribution in [-0.4, -0.2) is 26.6 Å². The number of nitrogens with zero attached hydrogens (tertiary/aromatic N) is 1. The minimum Gasteiger partial charge on any atom is -0.497 e. The molecule has 3 heteroatoms. The number of alkyl halides is 1. The highest BCUT2D eigenvalue weighted by atomic mass is 35.5. The smallest absolute Gasteiger partial charge is 0.120 e. The zero-order valence-electron chi connectivity index (χ0n) is 7.96. The van der Waals surface area contributed by atoms with Crippen LogP contribution in [0.15, 0.2) is 24.3 Å². The number of hydrogen-bond acceptors (Lipinski definition) is 2. The van der Waals surface area contributed by atoms with Crippen LogP contribution in [0.25, 0.3) is 0 Å². The lowest BCUT2D eigenvalue weighted by Crippen LogP contribution is -2.19. The molecule has 0 amide bonds. The Bertz CT molecular complexity index is 265. The molecule has 0 atom stereocenters. The van der Waals surface area contributed by atoms with Gasteiger partial charge in [-0.1, -0.05) is 6.07 Å². The van der Waals surface area contributed by atoms with Crippen molar-refractivity contribution in [1.82, 2.24) is 0 Å². The standard InChI is InChI=1S/C10H14ClNO/c1-12(7-6-11)9-4-3-5-10(8-9)13-2/h3-5,8H,6-7H2,1-2H3. The highest BCUT2D eigenvalue weighted by Crippen LogP contribution is 2.19. The van der Waals surface area contributed by atoms with Crippen LogP contribution in [-0.2, 0) is 0 Å². The molecular weight excluding hydrogens is 186 g/mol. The first-order chi connectivity index (χ1) is 6.27. The van der Waals surface area contributed by atoms with E-state index in [0.717, 1.165) is 18.0 Å². The van der Waals surface area contributed by atoms with E-state index in [2.05, 4.69) is 4.90 Å². The number of rotatable bonds is 4. The Morgan fingerprint density at radius 3 is 2.85 bits per heavy atom. The number of anilines is 1. The summed E-state index contributed by atoms with van der Waals surface area (Å²) in [6.07, 6.45) is 0. The van der Waals surface area contributed by atoms with Crippen LogP contribution in [0.4, 0.5) is 5.69 Å². The SMILES string of the molecule is COc1cccc(N(C)CCCl)c1.